The minimum absolute atomic E-state index is 0.828. The molecule has 0 fully saturated rings. The molecule has 2 aromatic rings. The molecule has 0 saturated heterocycles. The second kappa shape index (κ2) is 3.64. The first-order valence-corrected chi connectivity index (χ1v) is 5.32. The van der Waals surface area contributed by atoms with Gasteiger partial charge in [-0.3, -0.25) is 4.98 Å². The lowest BCUT2D eigenvalue weighted by Gasteiger charge is -2.07. The van der Waals surface area contributed by atoms with Crippen LogP contribution in [0.3, 0.4) is 0 Å². The number of hydrogen-bond acceptors (Lipinski definition) is 4. The highest BCUT2D eigenvalue weighted by Gasteiger charge is 2.18. The average molecular weight is 212 g/mol. The van der Waals surface area contributed by atoms with Crippen LogP contribution in [-0.2, 0) is 13.1 Å². The third kappa shape index (κ3) is 1.47. The lowest BCUT2D eigenvalue weighted by molar-refractivity contribution is 0.757. The fourth-order valence-corrected chi connectivity index (χ4v) is 2.04. The normalized spacial score (nSPS) is 13.8. The zero-order valence-corrected chi connectivity index (χ0v) is 9.07. The van der Waals surface area contributed by atoms with Crippen LogP contribution in [0.4, 0.5) is 0 Å². The quantitative estimate of drug-likeness (QED) is 0.777. The lowest BCUT2D eigenvalue weighted by atomic mass is 10.1. The molecule has 0 amide bonds. The molecule has 0 unspecified atom stereocenters. The zero-order chi connectivity index (χ0) is 11.0. The number of pyridine rings is 1. The molecule has 4 heteroatoms. The SMILES string of the molecule is Cc1nc2c(c(-c3ccncc3)n1)CNC2. The van der Waals surface area contributed by atoms with E-state index in [4.69, 9.17) is 0 Å². The Bertz CT molecular complexity index is 522. The summed E-state index contributed by atoms with van der Waals surface area (Å²) in [6.07, 6.45) is 3.59. The van der Waals surface area contributed by atoms with E-state index >= 15 is 0 Å². The van der Waals surface area contributed by atoms with Gasteiger partial charge in [0.15, 0.2) is 0 Å². The predicted molar refractivity (Wildman–Crippen MR) is 60.5 cm³/mol. The summed E-state index contributed by atoms with van der Waals surface area (Å²) in [6.45, 7) is 3.63. The van der Waals surface area contributed by atoms with Gasteiger partial charge in [0.2, 0.25) is 0 Å². The van der Waals surface area contributed by atoms with Gasteiger partial charge in [0.25, 0.3) is 0 Å². The van der Waals surface area contributed by atoms with Crippen LogP contribution in [-0.4, -0.2) is 15.0 Å². The fraction of sp³-hybridized carbons (Fsp3) is 0.250. The Balaban J connectivity index is 2.21. The summed E-state index contributed by atoms with van der Waals surface area (Å²) in [5.41, 5.74) is 4.49. The van der Waals surface area contributed by atoms with E-state index in [2.05, 4.69) is 20.3 Å². The van der Waals surface area contributed by atoms with Crippen LogP contribution in [0, 0.1) is 6.92 Å². The van der Waals surface area contributed by atoms with Crippen molar-refractivity contribution in [2.75, 3.05) is 0 Å². The Hall–Kier alpha value is -1.81. The summed E-state index contributed by atoms with van der Waals surface area (Å²) < 4.78 is 0. The number of aryl methyl sites for hydroxylation is 1. The van der Waals surface area contributed by atoms with Crippen LogP contribution in [0.2, 0.25) is 0 Å². The Morgan fingerprint density at radius 1 is 1.12 bits per heavy atom. The molecule has 2 aromatic heterocycles. The molecule has 0 atom stereocenters. The predicted octanol–water partition coefficient (Wildman–Crippen LogP) is 1.45. The number of fused-ring (bicyclic) bond motifs is 1. The Labute approximate surface area is 93.8 Å². The molecule has 1 aliphatic heterocycles. The molecule has 0 aliphatic carbocycles. The van der Waals surface area contributed by atoms with Crippen molar-refractivity contribution in [3.05, 3.63) is 41.6 Å². The van der Waals surface area contributed by atoms with Crippen molar-refractivity contribution in [2.24, 2.45) is 0 Å². The maximum atomic E-state index is 4.54. The van der Waals surface area contributed by atoms with Crippen molar-refractivity contribution in [3.63, 3.8) is 0 Å². The number of hydrogen-bond donors (Lipinski definition) is 1. The molecule has 1 N–H and O–H groups in total. The summed E-state index contributed by atoms with van der Waals surface area (Å²) in [7, 11) is 0. The van der Waals surface area contributed by atoms with Crippen molar-refractivity contribution in [1.29, 1.82) is 0 Å². The molecule has 3 rings (SSSR count). The van der Waals surface area contributed by atoms with Gasteiger partial charge in [-0.05, 0) is 19.1 Å². The third-order valence-electron chi connectivity index (χ3n) is 2.75. The smallest absolute Gasteiger partial charge is 0.126 e. The molecular formula is C12H12N4. The Morgan fingerprint density at radius 3 is 2.75 bits per heavy atom. The molecule has 3 heterocycles. The van der Waals surface area contributed by atoms with E-state index in [9.17, 15) is 0 Å². The molecule has 0 spiro atoms. The first kappa shape index (κ1) is 9.42. The van der Waals surface area contributed by atoms with Crippen molar-refractivity contribution >= 4 is 0 Å². The zero-order valence-electron chi connectivity index (χ0n) is 9.07. The molecule has 80 valence electrons. The number of nitrogens with zero attached hydrogens (tertiary/aromatic N) is 3. The van der Waals surface area contributed by atoms with Gasteiger partial charge in [0, 0.05) is 36.6 Å². The largest absolute Gasteiger partial charge is 0.307 e. The van der Waals surface area contributed by atoms with E-state index in [-0.39, 0.29) is 0 Å². The molecule has 0 saturated carbocycles. The molecule has 4 nitrogen and oxygen atoms in total. The number of aromatic nitrogens is 3. The summed E-state index contributed by atoms with van der Waals surface area (Å²) in [4.78, 5) is 13.0. The van der Waals surface area contributed by atoms with Gasteiger partial charge < -0.3 is 5.32 Å². The fourth-order valence-electron chi connectivity index (χ4n) is 2.04. The van der Waals surface area contributed by atoms with Gasteiger partial charge in [0.1, 0.15) is 5.82 Å². The van der Waals surface area contributed by atoms with Gasteiger partial charge >= 0.3 is 0 Å². The number of rotatable bonds is 1. The van der Waals surface area contributed by atoms with Gasteiger partial charge in [-0.2, -0.15) is 0 Å². The standard InChI is InChI=1S/C12H12N4/c1-8-15-11-7-14-6-10(11)12(16-8)9-2-4-13-5-3-9/h2-5,14H,6-7H2,1H3. The highest BCUT2D eigenvalue weighted by Crippen LogP contribution is 2.25. The summed E-state index contributed by atoms with van der Waals surface area (Å²) in [5.74, 6) is 0.828. The molecule has 1 aliphatic rings. The van der Waals surface area contributed by atoms with E-state index in [0.717, 1.165) is 35.9 Å². The molecule has 16 heavy (non-hydrogen) atoms. The Kier molecular flexibility index (Phi) is 2.15. The van der Waals surface area contributed by atoms with E-state index in [0.29, 0.717) is 0 Å². The first-order valence-electron chi connectivity index (χ1n) is 5.32. The van der Waals surface area contributed by atoms with Gasteiger partial charge in [0.05, 0.1) is 11.4 Å². The van der Waals surface area contributed by atoms with Crippen molar-refractivity contribution in [2.45, 2.75) is 20.0 Å². The Morgan fingerprint density at radius 2 is 1.94 bits per heavy atom. The highest BCUT2D eigenvalue weighted by molar-refractivity contribution is 5.63. The monoisotopic (exact) mass is 212 g/mol. The molecule has 0 aromatic carbocycles. The van der Waals surface area contributed by atoms with E-state index in [1.165, 1.54) is 5.56 Å². The average Bonchev–Trinajstić information content (AvgIpc) is 2.77. The second-order valence-corrected chi connectivity index (χ2v) is 3.88. The third-order valence-corrected chi connectivity index (χ3v) is 2.75. The molecular weight excluding hydrogens is 200 g/mol. The summed E-state index contributed by atoms with van der Waals surface area (Å²) >= 11 is 0. The van der Waals surface area contributed by atoms with Gasteiger partial charge in [-0.15, -0.1) is 0 Å². The lowest BCUT2D eigenvalue weighted by Crippen LogP contribution is -2.00. The van der Waals surface area contributed by atoms with Crippen LogP contribution < -0.4 is 5.32 Å². The minimum Gasteiger partial charge on any atom is -0.307 e. The van der Waals surface area contributed by atoms with Gasteiger partial charge in [-0.25, -0.2) is 9.97 Å². The second-order valence-electron chi connectivity index (χ2n) is 3.88. The topological polar surface area (TPSA) is 50.7 Å². The van der Waals surface area contributed by atoms with E-state index in [1.54, 1.807) is 12.4 Å². The summed E-state index contributed by atoms with van der Waals surface area (Å²) in [6, 6.07) is 3.97. The van der Waals surface area contributed by atoms with Crippen LogP contribution in [0.25, 0.3) is 11.3 Å². The van der Waals surface area contributed by atoms with Crippen molar-refractivity contribution in [1.82, 2.24) is 20.3 Å². The first-order chi connectivity index (χ1) is 7.84. The van der Waals surface area contributed by atoms with Gasteiger partial charge in [-0.1, -0.05) is 0 Å². The molecule has 0 radical (unpaired) electrons. The van der Waals surface area contributed by atoms with Crippen LogP contribution in [0.15, 0.2) is 24.5 Å². The summed E-state index contributed by atoms with van der Waals surface area (Å²) in [5, 5.41) is 3.31. The maximum Gasteiger partial charge on any atom is 0.126 e. The van der Waals surface area contributed by atoms with Crippen molar-refractivity contribution in [3.8, 4) is 11.3 Å². The molecule has 0 bridgehead atoms. The number of nitrogens with one attached hydrogen (secondary N) is 1. The van der Waals surface area contributed by atoms with Crippen molar-refractivity contribution < 1.29 is 0 Å². The minimum atomic E-state index is 0.828. The van der Waals surface area contributed by atoms with Crippen LogP contribution in [0.5, 0.6) is 0 Å². The van der Waals surface area contributed by atoms with Crippen LogP contribution in [0.1, 0.15) is 17.1 Å². The highest BCUT2D eigenvalue weighted by atomic mass is 15.0. The van der Waals surface area contributed by atoms with E-state index in [1.807, 2.05) is 19.1 Å². The van der Waals surface area contributed by atoms with Crippen LogP contribution >= 0.6 is 0 Å². The maximum absolute atomic E-state index is 4.54. The van der Waals surface area contributed by atoms with E-state index < -0.39 is 0 Å².